The number of β-amino-alcohol motifs (C(OH)–C–C–N with tert-alkyl or cyclic N) is 1. The molecule has 1 aromatic heterocycles. The first-order chi connectivity index (χ1) is 24.8. The molecular formula is C42H42F3N3O4. The minimum Gasteiger partial charge on any atom is -0.481 e. The number of oxazole rings is 1. The molecule has 270 valence electrons. The molecule has 4 aromatic carbocycles. The fraction of sp³-hybridized carbons (Fsp3) is 0.333. The number of aliphatic hydroxyl groups is 1. The normalized spacial score (nSPS) is 18.7. The monoisotopic (exact) mass is 709 g/mol. The van der Waals surface area contributed by atoms with E-state index in [1.165, 1.54) is 12.1 Å². The molecule has 0 unspecified atom stereocenters. The third-order valence-electron chi connectivity index (χ3n) is 10.6. The van der Waals surface area contributed by atoms with Gasteiger partial charge in [0.25, 0.3) is 0 Å². The Morgan fingerprint density at radius 2 is 1.56 bits per heavy atom. The second-order valence-corrected chi connectivity index (χ2v) is 14.3. The van der Waals surface area contributed by atoms with Crippen molar-refractivity contribution in [2.45, 2.75) is 59.0 Å². The fourth-order valence-corrected chi connectivity index (χ4v) is 7.61. The lowest BCUT2D eigenvalue weighted by Gasteiger charge is -2.20. The van der Waals surface area contributed by atoms with Gasteiger partial charge in [0, 0.05) is 38.3 Å². The number of aliphatic hydroxyl groups excluding tert-OH is 1. The van der Waals surface area contributed by atoms with E-state index in [0.29, 0.717) is 43.1 Å². The van der Waals surface area contributed by atoms with Gasteiger partial charge >= 0.3 is 12.1 Å². The highest BCUT2D eigenvalue weighted by molar-refractivity contribution is 5.83. The van der Waals surface area contributed by atoms with Gasteiger partial charge in [-0.2, -0.15) is 13.2 Å². The summed E-state index contributed by atoms with van der Waals surface area (Å²) in [6, 6.07) is 20.6. The number of halogens is 3. The molecule has 7 rings (SSSR count). The van der Waals surface area contributed by atoms with Gasteiger partial charge in [-0.25, -0.2) is 4.98 Å². The van der Waals surface area contributed by atoms with E-state index < -0.39 is 23.6 Å². The van der Waals surface area contributed by atoms with E-state index in [2.05, 4.69) is 4.90 Å². The largest absolute Gasteiger partial charge is 0.481 e. The number of aryl methyl sites for hydroxylation is 1. The molecule has 2 aliphatic rings. The van der Waals surface area contributed by atoms with E-state index in [1.54, 1.807) is 19.1 Å². The summed E-state index contributed by atoms with van der Waals surface area (Å²) in [5.74, 6) is -0.846. The molecule has 5 aromatic rings. The number of aliphatic carboxylic acids is 1. The Labute approximate surface area is 301 Å². The topological polar surface area (TPSA) is 90.0 Å². The highest BCUT2D eigenvalue weighted by Gasteiger charge is 2.34. The van der Waals surface area contributed by atoms with E-state index >= 15 is 0 Å². The van der Waals surface area contributed by atoms with Gasteiger partial charge in [-0.1, -0.05) is 54.6 Å². The maximum atomic E-state index is 14.4. The molecule has 2 N–H and O–H groups in total. The van der Waals surface area contributed by atoms with Crippen LogP contribution in [-0.2, 0) is 24.1 Å². The number of likely N-dealkylation sites (tertiary alicyclic amines) is 2. The van der Waals surface area contributed by atoms with E-state index in [9.17, 15) is 28.2 Å². The summed E-state index contributed by atoms with van der Waals surface area (Å²) in [6.45, 7) is 9.22. The molecule has 10 heteroatoms. The van der Waals surface area contributed by atoms with E-state index in [1.807, 2.05) is 73.3 Å². The number of carboxylic acid groups (broad SMARTS) is 1. The van der Waals surface area contributed by atoms with Gasteiger partial charge < -0.3 is 14.6 Å². The van der Waals surface area contributed by atoms with Gasteiger partial charge in [-0.15, -0.1) is 0 Å². The first kappa shape index (κ1) is 35.6. The Balaban J connectivity index is 1.15. The standard InChI is InChI=1S/C42H42F3N3O4/c1-25-18-30(37(42(43,44)45)20-32(25)23-48-16-14-31(22-48)41(50)51)12-11-29-6-4-7-34(26(29)2)35-8-5-9-36(27(35)3)40-46-38-19-28(10-13-39(38)52-40)21-47-17-15-33(49)24-47/h4-13,18-20,31,33,49H,14-17,21-24H2,1-3H3,(H,50,51)/b12-11+/t31-,33-/m1/s1. The van der Waals surface area contributed by atoms with Gasteiger partial charge in [0.05, 0.1) is 17.6 Å². The summed E-state index contributed by atoms with van der Waals surface area (Å²) < 4.78 is 49.4. The Morgan fingerprint density at radius 1 is 0.865 bits per heavy atom. The van der Waals surface area contributed by atoms with Crippen molar-refractivity contribution < 1.29 is 32.6 Å². The molecule has 0 bridgehead atoms. The van der Waals surface area contributed by atoms with Crippen molar-refractivity contribution in [3.8, 4) is 22.6 Å². The Kier molecular flexibility index (Phi) is 9.82. The molecule has 2 atom stereocenters. The maximum absolute atomic E-state index is 14.4. The molecule has 2 aliphatic heterocycles. The predicted molar refractivity (Wildman–Crippen MR) is 196 cm³/mol. The van der Waals surface area contributed by atoms with Crippen LogP contribution in [-0.4, -0.2) is 63.2 Å². The van der Waals surface area contributed by atoms with Crippen molar-refractivity contribution in [2.24, 2.45) is 5.92 Å². The van der Waals surface area contributed by atoms with Crippen molar-refractivity contribution in [3.05, 3.63) is 111 Å². The predicted octanol–water partition coefficient (Wildman–Crippen LogP) is 8.75. The van der Waals surface area contributed by atoms with E-state index in [4.69, 9.17) is 9.40 Å². The van der Waals surface area contributed by atoms with Gasteiger partial charge in [0.15, 0.2) is 5.58 Å². The van der Waals surface area contributed by atoms with Crippen molar-refractivity contribution in [2.75, 3.05) is 26.2 Å². The number of carboxylic acids is 1. The molecule has 2 fully saturated rings. The number of alkyl halides is 3. The molecule has 0 spiro atoms. The number of benzene rings is 4. The van der Waals surface area contributed by atoms with Crippen LogP contribution in [0.5, 0.6) is 0 Å². The lowest BCUT2D eigenvalue weighted by atomic mass is 9.91. The highest BCUT2D eigenvalue weighted by Crippen LogP contribution is 2.38. The molecule has 0 radical (unpaired) electrons. The fourth-order valence-electron chi connectivity index (χ4n) is 7.61. The number of hydrogen-bond donors (Lipinski definition) is 2. The zero-order valence-electron chi connectivity index (χ0n) is 29.5. The van der Waals surface area contributed by atoms with Crippen molar-refractivity contribution in [1.29, 1.82) is 0 Å². The third-order valence-corrected chi connectivity index (χ3v) is 10.6. The Hall–Kier alpha value is -4.77. The summed E-state index contributed by atoms with van der Waals surface area (Å²) in [7, 11) is 0. The van der Waals surface area contributed by atoms with Gasteiger partial charge in [0.1, 0.15) is 5.52 Å². The maximum Gasteiger partial charge on any atom is 0.416 e. The first-order valence-corrected chi connectivity index (χ1v) is 17.7. The highest BCUT2D eigenvalue weighted by atomic mass is 19.4. The van der Waals surface area contributed by atoms with Gasteiger partial charge in [0.2, 0.25) is 5.89 Å². The van der Waals surface area contributed by atoms with Crippen LogP contribution >= 0.6 is 0 Å². The van der Waals surface area contributed by atoms with E-state index in [-0.39, 0.29) is 18.2 Å². The second-order valence-electron chi connectivity index (χ2n) is 14.3. The average Bonchev–Trinajstić information content (AvgIpc) is 3.85. The quantitative estimate of drug-likeness (QED) is 0.148. The summed E-state index contributed by atoms with van der Waals surface area (Å²) in [4.78, 5) is 20.4. The third kappa shape index (κ3) is 7.42. The van der Waals surface area contributed by atoms with E-state index in [0.717, 1.165) is 69.5 Å². The summed E-state index contributed by atoms with van der Waals surface area (Å²) in [6.07, 6.45) is -0.283. The zero-order valence-corrected chi connectivity index (χ0v) is 29.5. The minimum absolute atomic E-state index is 0.0821. The van der Waals surface area contributed by atoms with Crippen molar-refractivity contribution >= 4 is 29.2 Å². The molecule has 7 nitrogen and oxygen atoms in total. The minimum atomic E-state index is -4.56. The molecule has 0 amide bonds. The summed E-state index contributed by atoms with van der Waals surface area (Å²) >= 11 is 0. The summed E-state index contributed by atoms with van der Waals surface area (Å²) in [5.41, 5.74) is 8.71. The van der Waals surface area contributed by atoms with Crippen LogP contribution in [0.3, 0.4) is 0 Å². The second kappa shape index (κ2) is 14.3. The number of rotatable bonds is 9. The van der Waals surface area contributed by atoms with Crippen LogP contribution in [0, 0.1) is 26.7 Å². The van der Waals surface area contributed by atoms with Crippen LogP contribution in [0.2, 0.25) is 0 Å². The average molecular weight is 710 g/mol. The molecule has 52 heavy (non-hydrogen) atoms. The number of aromatic nitrogens is 1. The zero-order chi connectivity index (χ0) is 36.7. The first-order valence-electron chi connectivity index (χ1n) is 17.7. The Bertz CT molecular complexity index is 2170. The number of nitrogens with zero attached hydrogens (tertiary/aromatic N) is 3. The lowest BCUT2D eigenvalue weighted by Crippen LogP contribution is -2.23. The smallest absolute Gasteiger partial charge is 0.416 e. The SMILES string of the molecule is Cc1cc(/C=C/c2cccc(-c3cccc(-c4nc5cc(CN6CC[C@@H](O)C6)ccc5o4)c3C)c2C)c(C(F)(F)F)cc1CN1CC[C@@H](C(=O)O)C1. The summed E-state index contributed by atoms with van der Waals surface area (Å²) in [5, 5.41) is 19.2. The molecule has 0 saturated carbocycles. The van der Waals surface area contributed by atoms with Crippen LogP contribution in [0.15, 0.2) is 71.1 Å². The Morgan fingerprint density at radius 3 is 2.27 bits per heavy atom. The van der Waals surface area contributed by atoms with Crippen molar-refractivity contribution in [1.82, 2.24) is 14.8 Å². The van der Waals surface area contributed by atoms with Crippen LogP contribution < -0.4 is 0 Å². The van der Waals surface area contributed by atoms with Crippen LogP contribution in [0.4, 0.5) is 13.2 Å². The molecule has 2 saturated heterocycles. The van der Waals surface area contributed by atoms with Crippen LogP contribution in [0.25, 0.3) is 45.8 Å². The number of hydrogen-bond acceptors (Lipinski definition) is 6. The number of fused-ring (bicyclic) bond motifs is 1. The van der Waals surface area contributed by atoms with Gasteiger partial charge in [-0.05, 0) is 114 Å². The number of carbonyl (C=O) groups is 1. The lowest BCUT2D eigenvalue weighted by molar-refractivity contribution is -0.141. The van der Waals surface area contributed by atoms with Crippen molar-refractivity contribution in [3.63, 3.8) is 0 Å². The van der Waals surface area contributed by atoms with Gasteiger partial charge in [-0.3, -0.25) is 14.6 Å². The van der Waals surface area contributed by atoms with Crippen LogP contribution in [0.1, 0.15) is 57.3 Å². The molecule has 3 heterocycles. The molecule has 0 aliphatic carbocycles. The molecular weight excluding hydrogens is 667 g/mol.